The molecule has 0 amide bonds. The third kappa shape index (κ3) is 7.16. The first-order chi connectivity index (χ1) is 24.5. The lowest BCUT2D eigenvalue weighted by Crippen LogP contribution is -2.47. The number of quaternary nitrogens is 2. The van der Waals surface area contributed by atoms with Crippen LogP contribution in [0.5, 0.6) is 0 Å². The zero-order valence-corrected chi connectivity index (χ0v) is 31.3. The van der Waals surface area contributed by atoms with E-state index in [0.29, 0.717) is 11.0 Å². The summed E-state index contributed by atoms with van der Waals surface area (Å²) in [5.41, 5.74) is 9.74. The summed E-state index contributed by atoms with van der Waals surface area (Å²) >= 11 is 0. The normalized spacial score (nSPS) is 14.6. The summed E-state index contributed by atoms with van der Waals surface area (Å²) in [5.74, 6) is -6.20. The highest BCUT2D eigenvalue weighted by Crippen LogP contribution is 2.50. The van der Waals surface area contributed by atoms with Gasteiger partial charge in [-0.1, -0.05) is 104 Å². The molecule has 266 valence electrons. The predicted molar refractivity (Wildman–Crippen MR) is 204 cm³/mol. The number of unbranched alkanes of at least 4 members (excludes halogenated alkanes) is 3. The Morgan fingerprint density at radius 1 is 0.529 bits per heavy atom. The van der Waals surface area contributed by atoms with Crippen LogP contribution in [0.3, 0.4) is 0 Å². The van der Waals surface area contributed by atoms with Crippen LogP contribution in [-0.4, -0.2) is 49.4 Å². The molecule has 0 aromatic heterocycles. The van der Waals surface area contributed by atoms with Crippen LogP contribution in [0.15, 0.2) is 103 Å². The fourth-order valence-electron chi connectivity index (χ4n) is 8.58. The first kappa shape index (κ1) is 36.9. The van der Waals surface area contributed by atoms with Crippen molar-refractivity contribution in [3.63, 3.8) is 0 Å². The van der Waals surface area contributed by atoms with Crippen LogP contribution in [0.25, 0.3) is 22.3 Å². The van der Waals surface area contributed by atoms with Gasteiger partial charge in [0.1, 0.15) is 18.6 Å². The minimum absolute atomic E-state index is 0.0255. The topological polar surface area (TPSA) is 0 Å². The van der Waals surface area contributed by atoms with Gasteiger partial charge in [-0.2, -0.15) is 0 Å². The molecule has 0 radical (unpaired) electrons. The van der Waals surface area contributed by atoms with Crippen molar-refractivity contribution in [3.05, 3.63) is 154 Å². The molecule has 0 saturated heterocycles. The second-order valence-corrected chi connectivity index (χ2v) is 15.6. The smallest absolute Gasteiger partial charge is 0.197 e. The maximum atomic E-state index is 15.2. The molecule has 0 heterocycles. The van der Waals surface area contributed by atoms with Crippen molar-refractivity contribution < 1.29 is 26.5 Å². The van der Waals surface area contributed by atoms with E-state index in [1.54, 1.807) is 0 Å². The molecule has 0 aliphatic heterocycles. The summed E-state index contributed by atoms with van der Waals surface area (Å²) in [6.07, 6.45) is 5.07. The molecule has 7 heteroatoms. The lowest BCUT2D eigenvalue weighted by molar-refractivity contribution is -0.946. The van der Waals surface area contributed by atoms with Gasteiger partial charge >= 0.3 is 0 Å². The molecular weight excluding hydrogens is 663 g/mol. The van der Waals surface area contributed by atoms with Crippen molar-refractivity contribution in [2.24, 2.45) is 0 Å². The molecular formula is C44H49F4N2P+2. The largest absolute Gasteiger partial charge is 0.318 e. The quantitative estimate of drug-likeness (QED) is 0.0319. The standard InChI is InChI=1S/C42H42F4N2.C2H7P/c1-47(2,41-33-20-10-6-16-29(33)30-17-7-11-21-34(30)41)24-14-4-5-15-25-48(3,27-28-26-37(43)39(45)40(46)38(28)44)42-35-22-12-8-18-31(35)32-19-9-13-23-36(32)42;1-2-3/h6-13,16-23,26,41-42H,4-5,14-15,24-25,27H2,1-3H3;2-3H2,1H3/q+2;. The van der Waals surface area contributed by atoms with Gasteiger partial charge < -0.3 is 8.97 Å². The van der Waals surface area contributed by atoms with Gasteiger partial charge in [-0.15, -0.1) is 9.24 Å². The number of hydrogen-bond acceptors (Lipinski definition) is 0. The van der Waals surface area contributed by atoms with E-state index < -0.39 is 23.3 Å². The van der Waals surface area contributed by atoms with Crippen LogP contribution < -0.4 is 0 Å². The number of halogens is 4. The third-order valence-electron chi connectivity index (χ3n) is 10.8. The van der Waals surface area contributed by atoms with Crippen molar-refractivity contribution >= 4 is 9.24 Å². The summed E-state index contributed by atoms with van der Waals surface area (Å²) in [6.45, 7) is 3.79. The highest BCUT2D eigenvalue weighted by molar-refractivity contribution is 7.16. The highest BCUT2D eigenvalue weighted by atomic mass is 31.0. The molecule has 2 aliphatic carbocycles. The lowest BCUT2D eigenvalue weighted by Gasteiger charge is -2.41. The Hall–Kier alpha value is -3.83. The third-order valence-corrected chi connectivity index (χ3v) is 10.8. The molecule has 5 aromatic rings. The molecule has 5 aromatic carbocycles. The number of nitrogens with zero attached hydrogens (tertiary/aromatic N) is 2. The fourth-order valence-corrected chi connectivity index (χ4v) is 8.58. The first-order valence-corrected chi connectivity index (χ1v) is 18.9. The fraction of sp³-hybridized carbons (Fsp3) is 0.318. The van der Waals surface area contributed by atoms with E-state index in [-0.39, 0.29) is 24.2 Å². The van der Waals surface area contributed by atoms with Crippen LogP contribution in [0.4, 0.5) is 17.6 Å². The Morgan fingerprint density at radius 2 is 0.922 bits per heavy atom. The van der Waals surface area contributed by atoms with Gasteiger partial charge in [0.05, 0.1) is 34.2 Å². The number of fused-ring (bicyclic) bond motifs is 6. The molecule has 2 unspecified atom stereocenters. The molecule has 7 rings (SSSR count). The second-order valence-electron chi connectivity index (χ2n) is 14.8. The molecule has 0 spiro atoms. The minimum Gasteiger partial charge on any atom is -0.318 e. The van der Waals surface area contributed by atoms with Gasteiger partial charge in [-0.3, -0.25) is 0 Å². The monoisotopic (exact) mass is 712 g/mol. The van der Waals surface area contributed by atoms with Crippen molar-refractivity contribution in [1.82, 2.24) is 0 Å². The summed E-state index contributed by atoms with van der Waals surface area (Å²) in [6, 6.07) is 34.8. The van der Waals surface area contributed by atoms with Crippen LogP contribution >= 0.6 is 9.24 Å². The zero-order chi connectivity index (χ0) is 36.3. The van der Waals surface area contributed by atoms with Crippen LogP contribution in [-0.2, 0) is 6.54 Å². The van der Waals surface area contributed by atoms with Gasteiger partial charge in [0.15, 0.2) is 23.3 Å². The number of benzene rings is 5. The number of rotatable bonds is 11. The van der Waals surface area contributed by atoms with Crippen molar-refractivity contribution in [3.8, 4) is 22.3 Å². The average molecular weight is 713 g/mol. The Balaban J connectivity index is 0.00000144. The van der Waals surface area contributed by atoms with Crippen molar-refractivity contribution in [1.29, 1.82) is 0 Å². The van der Waals surface area contributed by atoms with Gasteiger partial charge in [-0.25, -0.2) is 17.6 Å². The van der Waals surface area contributed by atoms with Gasteiger partial charge in [0, 0.05) is 27.8 Å². The minimum atomic E-state index is -1.77. The summed E-state index contributed by atoms with van der Waals surface area (Å²) in [5, 5.41) is 0. The van der Waals surface area contributed by atoms with Gasteiger partial charge in [-0.05, 0) is 60.2 Å². The maximum absolute atomic E-state index is 15.2. The highest BCUT2D eigenvalue weighted by Gasteiger charge is 2.43. The van der Waals surface area contributed by atoms with Crippen molar-refractivity contribution in [2.45, 2.75) is 51.2 Å². The molecule has 0 bridgehead atoms. The Morgan fingerprint density at radius 3 is 1.37 bits per heavy atom. The van der Waals surface area contributed by atoms with E-state index >= 15 is 4.39 Å². The van der Waals surface area contributed by atoms with E-state index in [9.17, 15) is 13.2 Å². The average Bonchev–Trinajstić information content (AvgIpc) is 3.66. The SMILES string of the molecule is CCP.C[N+](C)(CCCCCC[N+](C)(Cc1cc(F)c(F)c(F)c1F)C1c2ccccc2-c2ccccc21)C1c2ccccc2-c2ccccc21. The summed E-state index contributed by atoms with van der Waals surface area (Å²) < 4.78 is 59.2. The molecule has 2 nitrogen and oxygen atoms in total. The first-order valence-electron chi connectivity index (χ1n) is 18.1. The Labute approximate surface area is 303 Å². The summed E-state index contributed by atoms with van der Waals surface area (Å²) in [7, 11) is 9.26. The summed E-state index contributed by atoms with van der Waals surface area (Å²) in [4.78, 5) is 0. The van der Waals surface area contributed by atoms with E-state index in [1.807, 2.05) is 31.3 Å². The van der Waals surface area contributed by atoms with Crippen LogP contribution in [0.1, 0.15) is 72.5 Å². The van der Waals surface area contributed by atoms with E-state index in [0.717, 1.165) is 65.0 Å². The number of hydrogen-bond donors (Lipinski definition) is 0. The van der Waals surface area contributed by atoms with Gasteiger partial charge in [0.25, 0.3) is 0 Å². The van der Waals surface area contributed by atoms with E-state index in [1.165, 1.54) is 28.4 Å². The van der Waals surface area contributed by atoms with E-state index in [4.69, 9.17) is 0 Å². The molecule has 51 heavy (non-hydrogen) atoms. The Bertz CT molecular complexity index is 1920. The van der Waals surface area contributed by atoms with Crippen LogP contribution in [0.2, 0.25) is 0 Å². The molecule has 0 fully saturated rings. The predicted octanol–water partition coefficient (Wildman–Crippen LogP) is 11.2. The molecule has 0 saturated carbocycles. The lowest BCUT2D eigenvalue weighted by atomic mass is 9.98. The second kappa shape index (κ2) is 15.4. The van der Waals surface area contributed by atoms with E-state index in [2.05, 4.69) is 103 Å². The molecule has 2 atom stereocenters. The zero-order valence-electron chi connectivity index (χ0n) is 30.1. The Kier molecular flexibility index (Phi) is 11.2. The van der Waals surface area contributed by atoms with Crippen LogP contribution in [0, 0.1) is 23.3 Å². The maximum Gasteiger partial charge on any atom is 0.197 e. The molecule has 0 N–H and O–H groups in total. The van der Waals surface area contributed by atoms with Gasteiger partial charge in [0.2, 0.25) is 0 Å². The van der Waals surface area contributed by atoms with Crippen molar-refractivity contribution in [2.75, 3.05) is 40.4 Å². The molecule has 2 aliphatic rings.